The fourth-order valence-corrected chi connectivity index (χ4v) is 2.19. The minimum absolute atomic E-state index is 0.109. The zero-order valence-electron chi connectivity index (χ0n) is 13.4. The fraction of sp³-hybridized carbons (Fsp3) is 0.375. The van der Waals surface area contributed by atoms with Gasteiger partial charge in [-0.2, -0.15) is 13.2 Å². The van der Waals surface area contributed by atoms with Crippen LogP contribution in [0.3, 0.4) is 0 Å². The SMILES string of the molecule is Cc1noc(C)c1C(=O)N[C@H](C)COc1ccccc1C(F)(F)F. The Labute approximate surface area is 136 Å². The molecule has 2 aromatic rings. The van der Waals surface area contributed by atoms with E-state index in [0.29, 0.717) is 17.0 Å². The van der Waals surface area contributed by atoms with Gasteiger partial charge in [0.05, 0.1) is 17.3 Å². The van der Waals surface area contributed by atoms with Gasteiger partial charge in [-0.3, -0.25) is 4.79 Å². The van der Waals surface area contributed by atoms with Crippen molar-refractivity contribution in [3.63, 3.8) is 0 Å². The van der Waals surface area contributed by atoms with Crippen molar-refractivity contribution >= 4 is 5.91 Å². The average molecular weight is 342 g/mol. The molecule has 0 spiro atoms. The van der Waals surface area contributed by atoms with Crippen LogP contribution in [0.15, 0.2) is 28.8 Å². The highest BCUT2D eigenvalue weighted by molar-refractivity contribution is 5.96. The zero-order chi connectivity index (χ0) is 17.9. The molecule has 24 heavy (non-hydrogen) atoms. The Hall–Kier alpha value is -2.51. The van der Waals surface area contributed by atoms with E-state index >= 15 is 0 Å². The molecule has 5 nitrogen and oxygen atoms in total. The third kappa shape index (κ3) is 4.06. The van der Waals surface area contributed by atoms with Crippen LogP contribution in [0.5, 0.6) is 5.75 Å². The first-order valence-electron chi connectivity index (χ1n) is 7.23. The molecule has 130 valence electrons. The predicted octanol–water partition coefficient (Wildman–Crippen LogP) is 3.51. The molecule has 1 N–H and O–H groups in total. The summed E-state index contributed by atoms with van der Waals surface area (Å²) in [7, 11) is 0. The number of hydrogen-bond acceptors (Lipinski definition) is 4. The number of benzene rings is 1. The van der Waals surface area contributed by atoms with Gasteiger partial charge in [0.25, 0.3) is 5.91 Å². The standard InChI is InChI=1S/C16H17F3N2O3/c1-9(20-15(22)14-10(2)21-24-11(14)3)8-23-13-7-5-4-6-12(13)16(17,18)19/h4-7,9H,8H2,1-3H3,(H,20,22)/t9-/m1/s1. The van der Waals surface area contributed by atoms with E-state index in [9.17, 15) is 18.0 Å². The summed E-state index contributed by atoms with van der Waals surface area (Å²) in [6.07, 6.45) is -4.50. The lowest BCUT2D eigenvalue weighted by Crippen LogP contribution is -2.37. The van der Waals surface area contributed by atoms with E-state index in [1.54, 1.807) is 20.8 Å². The first-order chi connectivity index (χ1) is 11.2. The van der Waals surface area contributed by atoms with Gasteiger partial charge in [0.15, 0.2) is 0 Å². The van der Waals surface area contributed by atoms with Crippen LogP contribution in [-0.4, -0.2) is 23.7 Å². The summed E-state index contributed by atoms with van der Waals surface area (Å²) in [6, 6.07) is 4.43. The van der Waals surface area contributed by atoms with Crippen LogP contribution in [0.1, 0.15) is 34.3 Å². The third-order valence-corrected chi connectivity index (χ3v) is 3.32. The molecule has 0 aliphatic rings. The monoisotopic (exact) mass is 342 g/mol. The maximum absolute atomic E-state index is 12.9. The number of halogens is 3. The number of hydrogen-bond donors (Lipinski definition) is 1. The zero-order valence-corrected chi connectivity index (χ0v) is 13.4. The van der Waals surface area contributed by atoms with Crippen molar-refractivity contribution in [3.8, 4) is 5.75 Å². The molecule has 0 saturated heterocycles. The quantitative estimate of drug-likeness (QED) is 0.903. The number of ether oxygens (including phenoxy) is 1. The van der Waals surface area contributed by atoms with Gasteiger partial charge >= 0.3 is 6.18 Å². The molecule has 2 rings (SSSR count). The van der Waals surface area contributed by atoms with Gasteiger partial charge in [-0.05, 0) is 32.9 Å². The Morgan fingerprint density at radius 1 is 1.33 bits per heavy atom. The van der Waals surface area contributed by atoms with Gasteiger partial charge in [-0.15, -0.1) is 0 Å². The Morgan fingerprint density at radius 3 is 2.58 bits per heavy atom. The summed E-state index contributed by atoms with van der Waals surface area (Å²) in [5.41, 5.74) is -0.0904. The molecule has 1 amide bonds. The van der Waals surface area contributed by atoms with E-state index in [1.807, 2.05) is 0 Å². The van der Waals surface area contributed by atoms with Crippen LogP contribution in [0.4, 0.5) is 13.2 Å². The number of para-hydroxylation sites is 1. The second kappa shape index (κ2) is 6.94. The van der Waals surface area contributed by atoms with E-state index in [0.717, 1.165) is 6.07 Å². The second-order valence-corrected chi connectivity index (χ2v) is 5.38. The minimum atomic E-state index is -4.50. The Balaban J connectivity index is 2.00. The maximum atomic E-state index is 12.9. The van der Waals surface area contributed by atoms with Crippen LogP contribution in [0.25, 0.3) is 0 Å². The Bertz CT molecular complexity index is 706. The van der Waals surface area contributed by atoms with E-state index in [-0.39, 0.29) is 12.4 Å². The lowest BCUT2D eigenvalue weighted by Gasteiger charge is -2.17. The number of nitrogens with one attached hydrogen (secondary N) is 1. The molecule has 1 aromatic carbocycles. The van der Waals surface area contributed by atoms with Crippen molar-refractivity contribution in [2.45, 2.75) is 33.0 Å². The first kappa shape index (κ1) is 17.8. The van der Waals surface area contributed by atoms with E-state index in [1.165, 1.54) is 18.2 Å². The van der Waals surface area contributed by atoms with Crippen molar-refractivity contribution in [2.75, 3.05) is 6.61 Å². The predicted molar refractivity (Wildman–Crippen MR) is 79.8 cm³/mol. The number of nitrogens with zero attached hydrogens (tertiary/aromatic N) is 1. The van der Waals surface area contributed by atoms with Gasteiger partial charge in [-0.25, -0.2) is 0 Å². The highest BCUT2D eigenvalue weighted by Gasteiger charge is 2.34. The molecule has 1 atom stereocenters. The van der Waals surface area contributed by atoms with Crippen molar-refractivity contribution < 1.29 is 27.2 Å². The molecule has 0 bridgehead atoms. The lowest BCUT2D eigenvalue weighted by molar-refractivity contribution is -0.139. The van der Waals surface area contributed by atoms with Crippen LogP contribution >= 0.6 is 0 Å². The molecule has 8 heteroatoms. The minimum Gasteiger partial charge on any atom is -0.491 e. The molecule has 0 fully saturated rings. The number of rotatable bonds is 5. The molecule has 0 unspecified atom stereocenters. The molecule has 0 aliphatic carbocycles. The van der Waals surface area contributed by atoms with Crippen LogP contribution in [0.2, 0.25) is 0 Å². The summed E-state index contributed by atoms with van der Waals surface area (Å²) >= 11 is 0. The number of carbonyl (C=O) groups excluding carboxylic acids is 1. The highest BCUT2D eigenvalue weighted by atomic mass is 19.4. The van der Waals surface area contributed by atoms with Gasteiger partial charge in [0.1, 0.15) is 23.7 Å². The summed E-state index contributed by atoms with van der Waals surface area (Å²) in [5, 5.41) is 6.33. The normalized spacial score (nSPS) is 12.8. The highest BCUT2D eigenvalue weighted by Crippen LogP contribution is 2.35. The molecule has 0 radical (unpaired) electrons. The fourth-order valence-electron chi connectivity index (χ4n) is 2.19. The van der Waals surface area contributed by atoms with Crippen LogP contribution < -0.4 is 10.1 Å². The van der Waals surface area contributed by atoms with Crippen molar-refractivity contribution in [1.82, 2.24) is 10.5 Å². The molecule has 1 aromatic heterocycles. The smallest absolute Gasteiger partial charge is 0.419 e. The summed E-state index contributed by atoms with van der Waals surface area (Å²) in [4.78, 5) is 12.1. The van der Waals surface area contributed by atoms with E-state index in [4.69, 9.17) is 9.26 Å². The van der Waals surface area contributed by atoms with Crippen molar-refractivity contribution in [1.29, 1.82) is 0 Å². The van der Waals surface area contributed by atoms with Gasteiger partial charge in [0.2, 0.25) is 0 Å². The average Bonchev–Trinajstić information content (AvgIpc) is 2.83. The van der Waals surface area contributed by atoms with Crippen molar-refractivity contribution in [2.24, 2.45) is 0 Å². The topological polar surface area (TPSA) is 64.4 Å². The molecule has 0 saturated carbocycles. The number of carbonyl (C=O) groups is 1. The van der Waals surface area contributed by atoms with Crippen LogP contribution in [0, 0.1) is 13.8 Å². The number of aromatic nitrogens is 1. The second-order valence-electron chi connectivity index (χ2n) is 5.38. The van der Waals surface area contributed by atoms with Gasteiger partial charge < -0.3 is 14.6 Å². The number of alkyl halides is 3. The molecular weight excluding hydrogens is 325 g/mol. The largest absolute Gasteiger partial charge is 0.491 e. The Morgan fingerprint density at radius 2 is 2.00 bits per heavy atom. The van der Waals surface area contributed by atoms with E-state index in [2.05, 4.69) is 10.5 Å². The molecule has 0 aliphatic heterocycles. The number of aryl methyl sites for hydroxylation is 2. The number of amides is 1. The Kier molecular flexibility index (Phi) is 5.16. The summed E-state index contributed by atoms with van der Waals surface area (Å²) < 4.78 is 48.8. The molecular formula is C16H17F3N2O3. The lowest BCUT2D eigenvalue weighted by atomic mass is 10.2. The molecule has 1 heterocycles. The maximum Gasteiger partial charge on any atom is 0.419 e. The first-order valence-corrected chi connectivity index (χ1v) is 7.23. The summed E-state index contributed by atoms with van der Waals surface area (Å²) in [6.45, 7) is 4.76. The van der Waals surface area contributed by atoms with Crippen molar-refractivity contribution in [3.05, 3.63) is 46.8 Å². The van der Waals surface area contributed by atoms with Crippen LogP contribution in [-0.2, 0) is 6.18 Å². The third-order valence-electron chi connectivity index (χ3n) is 3.32. The van der Waals surface area contributed by atoms with Gasteiger partial charge in [0, 0.05) is 0 Å². The van der Waals surface area contributed by atoms with E-state index < -0.39 is 23.7 Å². The van der Waals surface area contributed by atoms with Gasteiger partial charge in [-0.1, -0.05) is 17.3 Å². The summed E-state index contributed by atoms with van der Waals surface area (Å²) in [5.74, 6) is -0.310.